The standard InChI is InChI=1S/C9H12N4O3/c1-13(5-2-10-3-5)8(15)6-4-11-9(16)12-7(6)14/h4-5,10H,2-3H2,1H3,(H2,11,12,14,16). The molecule has 0 bridgehead atoms. The second-order valence-electron chi connectivity index (χ2n) is 3.71. The summed E-state index contributed by atoms with van der Waals surface area (Å²) in [5.74, 6) is -0.385. The second kappa shape index (κ2) is 3.93. The number of likely N-dealkylation sites (N-methyl/N-ethyl adjacent to an activating group) is 1. The van der Waals surface area contributed by atoms with Gasteiger partial charge < -0.3 is 15.2 Å². The summed E-state index contributed by atoms with van der Waals surface area (Å²) in [5.41, 5.74) is -1.32. The smallest absolute Gasteiger partial charge is 0.325 e. The molecule has 0 unspecified atom stereocenters. The number of aromatic amines is 2. The Morgan fingerprint density at radius 2 is 2.12 bits per heavy atom. The summed E-state index contributed by atoms with van der Waals surface area (Å²) in [6, 6.07) is 0.110. The van der Waals surface area contributed by atoms with Gasteiger partial charge in [-0.3, -0.25) is 14.6 Å². The highest BCUT2D eigenvalue weighted by molar-refractivity contribution is 5.93. The molecule has 0 radical (unpaired) electrons. The minimum atomic E-state index is -0.659. The lowest BCUT2D eigenvalue weighted by molar-refractivity contribution is 0.0679. The van der Waals surface area contributed by atoms with Crippen molar-refractivity contribution in [3.63, 3.8) is 0 Å². The quantitative estimate of drug-likeness (QED) is 0.547. The molecule has 0 aromatic carbocycles. The molecule has 1 saturated heterocycles. The molecule has 1 fully saturated rings. The van der Waals surface area contributed by atoms with E-state index in [1.807, 2.05) is 4.98 Å². The molecule has 3 N–H and O–H groups in total. The average Bonchev–Trinajstić information content (AvgIpc) is 2.14. The molecule has 86 valence electrons. The third-order valence-electron chi connectivity index (χ3n) is 2.68. The number of aromatic nitrogens is 2. The van der Waals surface area contributed by atoms with Crippen LogP contribution in [-0.4, -0.2) is 47.0 Å². The number of nitrogens with zero attached hydrogens (tertiary/aromatic N) is 1. The van der Waals surface area contributed by atoms with Crippen molar-refractivity contribution in [3.8, 4) is 0 Å². The zero-order valence-corrected chi connectivity index (χ0v) is 8.74. The van der Waals surface area contributed by atoms with E-state index in [1.165, 1.54) is 4.90 Å². The van der Waals surface area contributed by atoms with Crippen molar-refractivity contribution in [2.75, 3.05) is 20.1 Å². The van der Waals surface area contributed by atoms with Crippen molar-refractivity contribution >= 4 is 5.91 Å². The zero-order valence-electron chi connectivity index (χ0n) is 8.74. The van der Waals surface area contributed by atoms with Crippen molar-refractivity contribution < 1.29 is 4.79 Å². The Kier molecular flexibility index (Phi) is 2.61. The number of hydrogen-bond donors (Lipinski definition) is 3. The third-order valence-corrected chi connectivity index (χ3v) is 2.68. The summed E-state index contributed by atoms with van der Waals surface area (Å²) < 4.78 is 0. The van der Waals surface area contributed by atoms with E-state index in [4.69, 9.17) is 0 Å². The Bertz CT molecular complexity index is 514. The fourth-order valence-corrected chi connectivity index (χ4v) is 1.47. The van der Waals surface area contributed by atoms with Gasteiger partial charge in [0.15, 0.2) is 0 Å². The molecule has 0 atom stereocenters. The maximum absolute atomic E-state index is 11.9. The summed E-state index contributed by atoms with van der Waals surface area (Å²) in [4.78, 5) is 39.8. The van der Waals surface area contributed by atoms with Gasteiger partial charge in [-0.15, -0.1) is 0 Å². The van der Waals surface area contributed by atoms with Crippen molar-refractivity contribution in [1.82, 2.24) is 20.2 Å². The van der Waals surface area contributed by atoms with Gasteiger partial charge >= 0.3 is 5.69 Å². The molecule has 7 heteroatoms. The maximum atomic E-state index is 11.9. The number of hydrogen-bond acceptors (Lipinski definition) is 4. The number of carbonyl (C=O) groups is 1. The maximum Gasteiger partial charge on any atom is 0.325 e. The number of H-pyrrole nitrogens is 2. The SMILES string of the molecule is CN(C(=O)c1c[nH]c(=O)[nH]c1=O)C1CNC1. The summed E-state index contributed by atoms with van der Waals surface area (Å²) in [5, 5.41) is 3.03. The van der Waals surface area contributed by atoms with Gasteiger partial charge in [-0.2, -0.15) is 0 Å². The molecule has 1 aromatic heterocycles. The topological polar surface area (TPSA) is 98.1 Å². The molecule has 0 aliphatic carbocycles. The lowest BCUT2D eigenvalue weighted by Crippen LogP contribution is -2.58. The fourth-order valence-electron chi connectivity index (χ4n) is 1.47. The fraction of sp³-hybridized carbons (Fsp3) is 0.444. The molecular weight excluding hydrogens is 212 g/mol. The molecule has 1 aliphatic heterocycles. The highest BCUT2D eigenvalue weighted by Gasteiger charge is 2.27. The summed E-state index contributed by atoms with van der Waals surface area (Å²) >= 11 is 0. The van der Waals surface area contributed by atoms with E-state index in [1.54, 1.807) is 7.05 Å². The molecular formula is C9H12N4O3. The van der Waals surface area contributed by atoms with Crippen molar-refractivity contribution in [1.29, 1.82) is 0 Å². The highest BCUT2D eigenvalue weighted by Crippen LogP contribution is 2.05. The number of rotatable bonds is 2. The van der Waals surface area contributed by atoms with E-state index >= 15 is 0 Å². The predicted molar refractivity (Wildman–Crippen MR) is 56.4 cm³/mol. The molecule has 1 aromatic rings. The van der Waals surface area contributed by atoms with E-state index in [0.717, 1.165) is 19.3 Å². The first-order chi connectivity index (χ1) is 7.59. The monoisotopic (exact) mass is 224 g/mol. The van der Waals surface area contributed by atoms with Crippen LogP contribution in [0, 0.1) is 0 Å². The minimum absolute atomic E-state index is 0.0472. The van der Waals surface area contributed by atoms with Gasteiger partial charge in [0, 0.05) is 26.3 Å². The number of carbonyl (C=O) groups excluding carboxylic acids is 1. The van der Waals surface area contributed by atoms with Crippen LogP contribution in [0.5, 0.6) is 0 Å². The molecule has 2 heterocycles. The van der Waals surface area contributed by atoms with Crippen molar-refractivity contribution in [2.24, 2.45) is 0 Å². The second-order valence-corrected chi connectivity index (χ2v) is 3.71. The van der Waals surface area contributed by atoms with Crippen LogP contribution in [0.1, 0.15) is 10.4 Å². The van der Waals surface area contributed by atoms with Crippen LogP contribution in [0.4, 0.5) is 0 Å². The largest absolute Gasteiger partial charge is 0.336 e. The first-order valence-electron chi connectivity index (χ1n) is 4.89. The van der Waals surface area contributed by atoms with Crippen LogP contribution in [-0.2, 0) is 0 Å². The lowest BCUT2D eigenvalue weighted by Gasteiger charge is -2.35. The van der Waals surface area contributed by atoms with E-state index in [9.17, 15) is 14.4 Å². The van der Waals surface area contributed by atoms with Gasteiger partial charge in [-0.25, -0.2) is 4.79 Å². The van der Waals surface area contributed by atoms with Crippen molar-refractivity contribution in [3.05, 3.63) is 32.6 Å². The molecule has 16 heavy (non-hydrogen) atoms. The first-order valence-corrected chi connectivity index (χ1v) is 4.89. The Labute approximate surface area is 90.5 Å². The first kappa shape index (κ1) is 10.6. The van der Waals surface area contributed by atoms with E-state index in [0.29, 0.717) is 0 Å². The van der Waals surface area contributed by atoms with Gasteiger partial charge in [0.05, 0.1) is 6.04 Å². The van der Waals surface area contributed by atoms with Crippen LogP contribution in [0.15, 0.2) is 15.8 Å². The van der Waals surface area contributed by atoms with Gasteiger partial charge in [0.25, 0.3) is 11.5 Å². The minimum Gasteiger partial charge on any atom is -0.336 e. The summed E-state index contributed by atoms with van der Waals surface area (Å²) in [7, 11) is 1.64. The van der Waals surface area contributed by atoms with Crippen molar-refractivity contribution in [2.45, 2.75) is 6.04 Å². The van der Waals surface area contributed by atoms with Crippen LogP contribution in [0.3, 0.4) is 0 Å². The average molecular weight is 224 g/mol. The summed E-state index contributed by atoms with van der Waals surface area (Å²) in [6.45, 7) is 1.45. The molecule has 7 nitrogen and oxygen atoms in total. The zero-order chi connectivity index (χ0) is 11.7. The van der Waals surface area contributed by atoms with E-state index in [-0.39, 0.29) is 17.5 Å². The van der Waals surface area contributed by atoms with Gasteiger partial charge in [0.2, 0.25) is 0 Å². The third kappa shape index (κ3) is 1.76. The van der Waals surface area contributed by atoms with E-state index < -0.39 is 11.2 Å². The molecule has 2 rings (SSSR count). The van der Waals surface area contributed by atoms with Gasteiger partial charge in [-0.05, 0) is 0 Å². The normalized spacial score (nSPS) is 15.6. The van der Waals surface area contributed by atoms with E-state index in [2.05, 4.69) is 10.3 Å². The number of amides is 1. The number of nitrogens with one attached hydrogen (secondary N) is 3. The van der Waals surface area contributed by atoms with Crippen LogP contribution < -0.4 is 16.6 Å². The van der Waals surface area contributed by atoms with Crippen LogP contribution >= 0.6 is 0 Å². The predicted octanol–water partition coefficient (Wildman–Crippen LogP) is -1.89. The Morgan fingerprint density at radius 1 is 1.44 bits per heavy atom. The summed E-state index contributed by atoms with van der Waals surface area (Å²) in [6.07, 6.45) is 1.14. The molecule has 0 spiro atoms. The van der Waals surface area contributed by atoms with Crippen LogP contribution in [0.25, 0.3) is 0 Å². The van der Waals surface area contributed by atoms with Gasteiger partial charge in [-0.1, -0.05) is 0 Å². The van der Waals surface area contributed by atoms with Gasteiger partial charge in [0.1, 0.15) is 5.56 Å². The molecule has 1 aliphatic rings. The Hall–Kier alpha value is -1.89. The van der Waals surface area contributed by atoms with Crippen LogP contribution in [0.2, 0.25) is 0 Å². The highest BCUT2D eigenvalue weighted by atomic mass is 16.2. The Balaban J connectivity index is 2.26. The molecule has 1 amide bonds. The molecule has 0 saturated carbocycles. The Morgan fingerprint density at radius 3 is 2.62 bits per heavy atom. The lowest BCUT2D eigenvalue weighted by atomic mass is 10.1.